The molecule has 0 aliphatic heterocycles. The molecule has 0 bridgehead atoms. The molecule has 1 heterocycles. The van der Waals surface area contributed by atoms with E-state index in [1.807, 2.05) is 0 Å². The predicted octanol–water partition coefficient (Wildman–Crippen LogP) is 3.91. The third-order valence-corrected chi connectivity index (χ3v) is 4.92. The van der Waals surface area contributed by atoms with Crippen LogP contribution in [0.3, 0.4) is 0 Å². The Morgan fingerprint density at radius 1 is 1.28 bits per heavy atom. The van der Waals surface area contributed by atoms with E-state index in [1.165, 1.54) is 13.1 Å². The van der Waals surface area contributed by atoms with Gasteiger partial charge in [0.1, 0.15) is 4.88 Å². The van der Waals surface area contributed by atoms with Crippen LogP contribution in [0.15, 0.2) is 24.4 Å². The second kappa shape index (κ2) is 8.51. The number of amides is 1. The summed E-state index contributed by atoms with van der Waals surface area (Å²) in [5.41, 5.74) is 0.721. The van der Waals surface area contributed by atoms with E-state index in [-0.39, 0.29) is 6.04 Å². The average Bonchev–Trinajstić information content (AvgIpc) is 3.03. The molecule has 1 aromatic carbocycles. The first-order chi connectivity index (χ1) is 11.8. The Labute approximate surface area is 159 Å². The lowest BCUT2D eigenvalue weighted by molar-refractivity contribution is -0.129. The summed E-state index contributed by atoms with van der Waals surface area (Å²) >= 11 is 13.2. The molecule has 1 amide bonds. The molecule has 9 heteroatoms. The van der Waals surface area contributed by atoms with Crippen LogP contribution in [0.25, 0.3) is 0 Å². The first kappa shape index (κ1) is 19.5. The van der Waals surface area contributed by atoms with Crippen LogP contribution < -0.4 is 10.6 Å². The Hall–Kier alpha value is -1.83. The van der Waals surface area contributed by atoms with E-state index in [4.69, 9.17) is 27.9 Å². The van der Waals surface area contributed by atoms with Gasteiger partial charge in [-0.25, -0.2) is 9.78 Å². The zero-order valence-electron chi connectivity index (χ0n) is 13.8. The van der Waals surface area contributed by atoms with Crippen molar-refractivity contribution >= 4 is 51.5 Å². The number of hydrogen-bond donors (Lipinski definition) is 2. The largest absolute Gasteiger partial charge is 0.448 e. The molecule has 0 saturated carbocycles. The third kappa shape index (κ3) is 5.07. The maximum atomic E-state index is 12.3. The summed E-state index contributed by atoms with van der Waals surface area (Å²) in [5, 5.41) is 7.15. The third-order valence-electron chi connectivity index (χ3n) is 3.36. The van der Waals surface area contributed by atoms with Gasteiger partial charge in [-0.1, -0.05) is 40.6 Å². The number of nitrogens with one attached hydrogen (secondary N) is 2. The lowest BCUT2D eigenvalue weighted by atomic mass is 10.1. The van der Waals surface area contributed by atoms with Crippen molar-refractivity contribution in [1.82, 2.24) is 10.3 Å². The van der Waals surface area contributed by atoms with Gasteiger partial charge in [-0.2, -0.15) is 0 Å². The number of rotatable bonds is 6. The Morgan fingerprint density at radius 3 is 2.60 bits per heavy atom. The monoisotopic (exact) mass is 401 g/mol. The van der Waals surface area contributed by atoms with Gasteiger partial charge in [0.15, 0.2) is 11.2 Å². The molecule has 2 N–H and O–H groups in total. The molecule has 2 aromatic rings. The number of benzene rings is 1. The van der Waals surface area contributed by atoms with Crippen LogP contribution >= 0.6 is 34.5 Å². The number of halogens is 2. The molecule has 2 rings (SSSR count). The fourth-order valence-electron chi connectivity index (χ4n) is 2.02. The van der Waals surface area contributed by atoms with E-state index in [9.17, 15) is 9.59 Å². The summed E-state index contributed by atoms with van der Waals surface area (Å²) in [7, 11) is 1.70. The van der Waals surface area contributed by atoms with Gasteiger partial charge in [-0.3, -0.25) is 4.79 Å². The number of nitrogens with zero attached hydrogens (tertiary/aromatic N) is 1. The fraction of sp³-hybridized carbons (Fsp3) is 0.312. The molecule has 25 heavy (non-hydrogen) atoms. The van der Waals surface area contributed by atoms with Crippen LogP contribution in [0.4, 0.5) is 5.13 Å². The van der Waals surface area contributed by atoms with E-state index in [1.54, 1.807) is 32.2 Å². The van der Waals surface area contributed by atoms with Crippen LogP contribution in [0, 0.1) is 0 Å². The van der Waals surface area contributed by atoms with Crippen LogP contribution in [-0.4, -0.2) is 30.0 Å². The van der Waals surface area contributed by atoms with E-state index in [2.05, 4.69) is 15.6 Å². The summed E-state index contributed by atoms with van der Waals surface area (Å²) < 4.78 is 5.18. The van der Waals surface area contributed by atoms with Gasteiger partial charge in [0.05, 0.1) is 12.2 Å². The van der Waals surface area contributed by atoms with Gasteiger partial charge in [-0.05, 0) is 31.5 Å². The fourth-order valence-corrected chi connectivity index (χ4v) is 3.24. The molecule has 0 radical (unpaired) electrons. The van der Waals surface area contributed by atoms with Crippen molar-refractivity contribution in [3.05, 3.63) is 44.9 Å². The minimum atomic E-state index is -0.957. The zero-order chi connectivity index (χ0) is 18.6. The molecule has 0 fully saturated rings. The second-order valence-electron chi connectivity index (χ2n) is 5.22. The van der Waals surface area contributed by atoms with E-state index in [0.29, 0.717) is 20.1 Å². The number of hydrogen-bond acceptors (Lipinski definition) is 6. The van der Waals surface area contributed by atoms with Crippen molar-refractivity contribution < 1.29 is 14.3 Å². The van der Waals surface area contributed by atoms with Crippen molar-refractivity contribution in [2.45, 2.75) is 26.0 Å². The van der Waals surface area contributed by atoms with Crippen molar-refractivity contribution in [2.24, 2.45) is 0 Å². The quantitative estimate of drug-likeness (QED) is 0.716. The highest BCUT2D eigenvalue weighted by atomic mass is 35.5. The molecule has 6 nitrogen and oxygen atoms in total. The van der Waals surface area contributed by atoms with Crippen LogP contribution in [0.2, 0.25) is 10.0 Å². The van der Waals surface area contributed by atoms with Crippen molar-refractivity contribution in [2.75, 3.05) is 12.4 Å². The number of esters is 1. The molecule has 0 saturated heterocycles. The maximum Gasteiger partial charge on any atom is 0.350 e. The highest BCUT2D eigenvalue weighted by Gasteiger charge is 2.22. The lowest BCUT2D eigenvalue weighted by Gasteiger charge is -2.19. The van der Waals surface area contributed by atoms with Crippen LogP contribution in [0.5, 0.6) is 0 Å². The van der Waals surface area contributed by atoms with Gasteiger partial charge in [0.25, 0.3) is 5.91 Å². The minimum Gasteiger partial charge on any atom is -0.448 e. The van der Waals surface area contributed by atoms with E-state index in [0.717, 1.165) is 16.9 Å². The summed E-state index contributed by atoms with van der Waals surface area (Å²) in [6, 6.07) is 4.67. The summed E-state index contributed by atoms with van der Waals surface area (Å²) in [4.78, 5) is 28.6. The highest BCUT2D eigenvalue weighted by Crippen LogP contribution is 2.26. The molecule has 134 valence electrons. The summed E-state index contributed by atoms with van der Waals surface area (Å²) in [5.74, 6) is -1.02. The lowest BCUT2D eigenvalue weighted by Crippen LogP contribution is -2.37. The SMILES string of the molecule is CNc1ncc(C(=O)O[C@H](C)C(=O)N[C@@H](C)c2ccc(Cl)cc2Cl)s1. The van der Waals surface area contributed by atoms with Gasteiger partial charge in [0, 0.05) is 17.1 Å². The smallest absolute Gasteiger partial charge is 0.350 e. The first-order valence-corrected chi connectivity index (χ1v) is 8.99. The molecule has 0 aliphatic rings. The molecular weight excluding hydrogens is 385 g/mol. The minimum absolute atomic E-state index is 0.317. The number of ether oxygens (including phenoxy) is 1. The van der Waals surface area contributed by atoms with Crippen molar-refractivity contribution in [3.63, 3.8) is 0 Å². The molecule has 0 spiro atoms. The van der Waals surface area contributed by atoms with Crippen molar-refractivity contribution in [1.29, 1.82) is 0 Å². The normalized spacial score (nSPS) is 13.0. The van der Waals surface area contributed by atoms with Gasteiger partial charge in [0.2, 0.25) is 0 Å². The molecule has 1 aromatic heterocycles. The Kier molecular flexibility index (Phi) is 6.64. The average molecular weight is 402 g/mol. The maximum absolute atomic E-state index is 12.3. The van der Waals surface area contributed by atoms with Crippen LogP contribution in [0.1, 0.15) is 35.1 Å². The summed E-state index contributed by atoms with van der Waals surface area (Å²) in [6.45, 7) is 3.29. The Morgan fingerprint density at radius 2 is 2.00 bits per heavy atom. The number of carbonyl (C=O) groups excluding carboxylic acids is 2. The molecule has 0 aliphatic carbocycles. The van der Waals surface area contributed by atoms with Gasteiger partial charge >= 0.3 is 5.97 Å². The van der Waals surface area contributed by atoms with Gasteiger partial charge in [-0.15, -0.1) is 0 Å². The predicted molar refractivity (Wildman–Crippen MR) is 99.6 cm³/mol. The van der Waals surface area contributed by atoms with Gasteiger partial charge < -0.3 is 15.4 Å². The summed E-state index contributed by atoms with van der Waals surface area (Å²) in [6.07, 6.45) is 0.445. The first-order valence-electron chi connectivity index (χ1n) is 7.41. The molecule has 2 atom stereocenters. The van der Waals surface area contributed by atoms with E-state index < -0.39 is 18.0 Å². The number of aromatic nitrogens is 1. The Bertz CT molecular complexity index is 782. The molecule has 0 unspecified atom stereocenters. The topological polar surface area (TPSA) is 80.3 Å². The second-order valence-corrected chi connectivity index (χ2v) is 7.10. The number of thiazole rings is 1. The standard InChI is InChI=1S/C16H17Cl2N3O3S/c1-8(11-5-4-10(17)6-12(11)18)21-14(22)9(2)24-15(23)13-7-20-16(19-3)25-13/h4-9H,1-3H3,(H,19,20)(H,21,22)/t8-,9+/m0/s1. The zero-order valence-corrected chi connectivity index (χ0v) is 16.1. The van der Waals surface area contributed by atoms with E-state index >= 15 is 0 Å². The van der Waals surface area contributed by atoms with Crippen LogP contribution in [-0.2, 0) is 9.53 Å². The Balaban J connectivity index is 1.96. The highest BCUT2D eigenvalue weighted by molar-refractivity contribution is 7.17. The number of anilines is 1. The van der Waals surface area contributed by atoms with Crippen molar-refractivity contribution in [3.8, 4) is 0 Å². The number of carbonyl (C=O) groups is 2. The molecular formula is C16H17Cl2N3O3S.